The molecule has 1 aromatic carbocycles. The second-order valence-corrected chi connectivity index (χ2v) is 8.93. The van der Waals surface area contributed by atoms with E-state index in [0.29, 0.717) is 10.6 Å². The molecule has 0 radical (unpaired) electrons. The number of anilines is 1. The zero-order valence-corrected chi connectivity index (χ0v) is 16.8. The van der Waals surface area contributed by atoms with Gasteiger partial charge in [-0.05, 0) is 36.2 Å². The van der Waals surface area contributed by atoms with Crippen LogP contribution in [0.5, 0.6) is 0 Å². The number of allylic oxidation sites excluding steroid dienone is 1. The maximum absolute atomic E-state index is 13.9. The molecule has 4 nitrogen and oxygen atoms in total. The van der Waals surface area contributed by atoms with Crippen molar-refractivity contribution >= 4 is 35.7 Å². The number of rotatable bonds is 2. The highest BCUT2D eigenvalue weighted by Crippen LogP contribution is 2.65. The quantitative estimate of drug-likeness (QED) is 0.568. The lowest BCUT2D eigenvalue weighted by Gasteiger charge is -2.48. The van der Waals surface area contributed by atoms with Crippen LogP contribution in [0.4, 0.5) is 5.69 Å². The molecule has 140 valence electrons. The zero-order chi connectivity index (χ0) is 19.9. The summed E-state index contributed by atoms with van der Waals surface area (Å²) in [6.07, 6.45) is 3.48. The van der Waals surface area contributed by atoms with Crippen LogP contribution in [-0.2, 0) is 15.1 Å². The van der Waals surface area contributed by atoms with Crippen molar-refractivity contribution in [2.45, 2.75) is 32.2 Å². The predicted octanol–water partition coefficient (Wildman–Crippen LogP) is 4.20. The third-order valence-electron chi connectivity index (χ3n) is 7.09. The molecule has 0 saturated heterocycles. The Hall–Kier alpha value is -2.20. The number of Topliss-reactive ketones (excluding diaryl/α,β-unsaturated/α-hetero) is 1. The van der Waals surface area contributed by atoms with E-state index in [0.717, 1.165) is 11.3 Å². The lowest BCUT2D eigenvalue weighted by molar-refractivity contribution is -0.134. The van der Waals surface area contributed by atoms with Crippen molar-refractivity contribution in [2.75, 3.05) is 11.9 Å². The van der Waals surface area contributed by atoms with E-state index in [2.05, 4.69) is 18.3 Å². The average Bonchev–Trinajstić information content (AvgIpc) is 2.88. The van der Waals surface area contributed by atoms with Crippen molar-refractivity contribution in [1.29, 1.82) is 0 Å². The van der Waals surface area contributed by atoms with E-state index >= 15 is 0 Å². The molecule has 1 aromatic rings. The van der Waals surface area contributed by atoms with E-state index in [1.54, 1.807) is 24.1 Å². The molecule has 0 N–H and O–H groups in total. The van der Waals surface area contributed by atoms with Crippen LogP contribution in [0.3, 0.4) is 0 Å². The lowest BCUT2D eigenvalue weighted by atomic mass is 9.57. The van der Waals surface area contributed by atoms with Gasteiger partial charge in [-0.3, -0.25) is 14.6 Å². The second-order valence-electron chi connectivity index (χ2n) is 8.52. The number of hydrogen-bond acceptors (Lipinski definition) is 3. The third kappa shape index (κ3) is 1.73. The van der Waals surface area contributed by atoms with Gasteiger partial charge in [-0.2, -0.15) is 0 Å². The summed E-state index contributed by atoms with van der Waals surface area (Å²) in [7, 11) is 1.78. The van der Waals surface area contributed by atoms with Gasteiger partial charge >= 0.3 is 0 Å². The fourth-order valence-corrected chi connectivity index (χ4v) is 5.70. The molecular formula is C22H23ClN2O2. The van der Waals surface area contributed by atoms with Crippen LogP contribution < -0.4 is 4.90 Å². The van der Waals surface area contributed by atoms with Gasteiger partial charge in [0.2, 0.25) is 5.91 Å². The summed E-state index contributed by atoms with van der Waals surface area (Å²) in [5.41, 5.74) is -0.499. The van der Waals surface area contributed by atoms with Crippen molar-refractivity contribution in [3.63, 3.8) is 0 Å². The second kappa shape index (κ2) is 5.20. The highest BCUT2D eigenvalue weighted by atomic mass is 35.5. The van der Waals surface area contributed by atoms with Crippen LogP contribution in [0.2, 0.25) is 0 Å². The van der Waals surface area contributed by atoms with E-state index in [-0.39, 0.29) is 11.7 Å². The number of aliphatic imine (C=N–C) groups is 1. The van der Waals surface area contributed by atoms with Crippen molar-refractivity contribution in [2.24, 2.45) is 21.7 Å². The molecule has 2 bridgehead atoms. The smallest absolute Gasteiger partial charge is 0.234 e. The van der Waals surface area contributed by atoms with Gasteiger partial charge in [0.25, 0.3) is 0 Å². The molecule has 27 heavy (non-hydrogen) atoms. The van der Waals surface area contributed by atoms with Crippen molar-refractivity contribution in [3.8, 4) is 0 Å². The van der Waals surface area contributed by atoms with Crippen LogP contribution in [0, 0.1) is 16.7 Å². The third-order valence-corrected chi connectivity index (χ3v) is 7.61. The Morgan fingerprint density at radius 2 is 1.93 bits per heavy atom. The highest BCUT2D eigenvalue weighted by Gasteiger charge is 2.67. The summed E-state index contributed by atoms with van der Waals surface area (Å²) in [4.78, 5) is 33.3. The highest BCUT2D eigenvalue weighted by molar-refractivity contribution is 6.32. The van der Waals surface area contributed by atoms with Gasteiger partial charge in [-0.1, -0.05) is 49.7 Å². The minimum atomic E-state index is -1.31. The molecule has 3 aliphatic rings. The molecule has 0 spiro atoms. The Bertz CT molecular complexity index is 963. The van der Waals surface area contributed by atoms with Crippen molar-refractivity contribution in [1.82, 2.24) is 0 Å². The first-order valence-corrected chi connectivity index (χ1v) is 9.42. The molecule has 5 heteroatoms. The monoisotopic (exact) mass is 382 g/mol. The van der Waals surface area contributed by atoms with Gasteiger partial charge < -0.3 is 4.90 Å². The van der Waals surface area contributed by atoms with Gasteiger partial charge in [-0.15, -0.1) is 6.58 Å². The van der Waals surface area contributed by atoms with Gasteiger partial charge in [0.05, 0.1) is 11.3 Å². The normalized spacial score (nSPS) is 36.0. The first-order chi connectivity index (χ1) is 12.6. The number of carbonyl (C=O) groups excluding carboxylic acids is 2. The Morgan fingerprint density at radius 3 is 2.52 bits per heavy atom. The number of likely N-dealkylation sites (N-methyl/N-ethyl adjacent to an activating group) is 1. The first-order valence-electron chi connectivity index (χ1n) is 9.04. The van der Waals surface area contributed by atoms with Gasteiger partial charge in [0, 0.05) is 23.7 Å². The fourth-order valence-electron chi connectivity index (χ4n) is 5.36. The Kier molecular flexibility index (Phi) is 3.50. The fraction of sp³-hybridized carbons (Fsp3) is 0.409. The maximum atomic E-state index is 13.9. The molecule has 4 atom stereocenters. The molecule has 1 amide bonds. The number of amides is 1. The summed E-state index contributed by atoms with van der Waals surface area (Å²) in [6.45, 7) is 13.6. The Morgan fingerprint density at radius 1 is 1.26 bits per heavy atom. The van der Waals surface area contributed by atoms with Gasteiger partial charge in [0.1, 0.15) is 0 Å². The van der Waals surface area contributed by atoms with Crippen LogP contribution in [0.15, 0.2) is 47.0 Å². The van der Waals surface area contributed by atoms with Crippen LogP contribution >= 0.6 is 11.6 Å². The summed E-state index contributed by atoms with van der Waals surface area (Å²) in [5, 5.41) is 0.515. The van der Waals surface area contributed by atoms with Crippen LogP contribution in [0.1, 0.15) is 37.8 Å². The summed E-state index contributed by atoms with van der Waals surface area (Å²) in [6, 6.07) is 5.67. The summed E-state index contributed by atoms with van der Waals surface area (Å²) in [5.74, 6) is -1.08. The maximum Gasteiger partial charge on any atom is 0.234 e. The molecule has 1 heterocycles. The minimum Gasteiger partial charge on any atom is -0.315 e. The summed E-state index contributed by atoms with van der Waals surface area (Å²) >= 11 is 6.75. The topological polar surface area (TPSA) is 49.7 Å². The van der Waals surface area contributed by atoms with E-state index < -0.39 is 28.2 Å². The van der Waals surface area contributed by atoms with Crippen molar-refractivity contribution in [3.05, 3.63) is 53.1 Å². The van der Waals surface area contributed by atoms with E-state index in [9.17, 15) is 9.59 Å². The molecule has 2 aliphatic carbocycles. The number of carbonyl (C=O) groups is 2. The van der Waals surface area contributed by atoms with Gasteiger partial charge in [-0.25, -0.2) is 0 Å². The first kappa shape index (κ1) is 18.2. The van der Waals surface area contributed by atoms with Gasteiger partial charge in [0.15, 0.2) is 11.3 Å². The van der Waals surface area contributed by atoms with E-state index in [1.807, 2.05) is 39.0 Å². The van der Waals surface area contributed by atoms with Crippen LogP contribution in [0.25, 0.3) is 0 Å². The number of ketones is 1. The number of halogens is 1. The van der Waals surface area contributed by atoms with Crippen molar-refractivity contribution < 1.29 is 9.59 Å². The standard InChI is InChI=1S/C22H23ClN2O2/c1-7-21(4)15(23)11-13-18(26)22(21,24-5)12-9-8-10-14-16(12)17(20(13,2)3)19(27)25(14)6/h7-11,13,17H,1,5H2,2-4,6H3/t13?,17-,21-,22-/m1/s1. The predicted molar refractivity (Wildman–Crippen MR) is 108 cm³/mol. The zero-order valence-electron chi connectivity index (χ0n) is 16.0. The van der Waals surface area contributed by atoms with E-state index in [1.165, 1.54) is 0 Å². The molecule has 0 aromatic heterocycles. The summed E-state index contributed by atoms with van der Waals surface area (Å²) < 4.78 is 0. The lowest BCUT2D eigenvalue weighted by Crippen LogP contribution is -2.54. The Balaban J connectivity index is 2.25. The largest absolute Gasteiger partial charge is 0.315 e. The van der Waals surface area contributed by atoms with Crippen LogP contribution in [-0.4, -0.2) is 25.5 Å². The number of hydrogen-bond donors (Lipinski definition) is 0. The van der Waals surface area contributed by atoms with E-state index in [4.69, 9.17) is 11.6 Å². The molecule has 4 rings (SSSR count). The molecule has 1 unspecified atom stereocenters. The number of benzene rings is 1. The SMILES string of the molecule is C=C[C@]1(C)C(Cl)=CC2C(=O)[C@]1(N=C)c1cccc3c1[C@H](C(=O)N3C)C2(C)C. The number of fused-ring (bicyclic) bond motifs is 3. The molecule has 1 aliphatic heterocycles. The average molecular weight is 383 g/mol. The molecule has 0 saturated carbocycles. The minimum absolute atomic E-state index is 0.00755. The Labute approximate surface area is 164 Å². The molecular weight excluding hydrogens is 360 g/mol. The number of nitrogens with zero attached hydrogens (tertiary/aromatic N) is 2. The molecule has 0 fully saturated rings.